The van der Waals surface area contributed by atoms with Gasteiger partial charge in [0, 0.05) is 16.4 Å². The van der Waals surface area contributed by atoms with Gasteiger partial charge in [-0.3, -0.25) is 4.79 Å². The van der Waals surface area contributed by atoms with E-state index in [-0.39, 0.29) is 5.91 Å². The van der Waals surface area contributed by atoms with Crippen LogP contribution in [0.15, 0.2) is 24.3 Å². The first-order valence-corrected chi connectivity index (χ1v) is 7.64. The van der Waals surface area contributed by atoms with Crippen molar-refractivity contribution in [2.75, 3.05) is 0 Å². The fourth-order valence-electron chi connectivity index (χ4n) is 2.36. The van der Waals surface area contributed by atoms with Crippen molar-refractivity contribution in [2.24, 2.45) is 0 Å². The molecule has 1 fully saturated rings. The quantitative estimate of drug-likeness (QED) is 0.848. The van der Waals surface area contributed by atoms with E-state index in [1.165, 1.54) is 5.56 Å². The van der Waals surface area contributed by atoms with Gasteiger partial charge >= 0.3 is 0 Å². The fraction of sp³-hybridized carbons (Fsp3) is 0.533. The van der Waals surface area contributed by atoms with Gasteiger partial charge in [-0.2, -0.15) is 0 Å². The molecule has 2 nitrogen and oxygen atoms in total. The number of aryl methyl sites for hydroxylation is 1. The molecule has 0 radical (unpaired) electrons. The number of benzene rings is 1. The lowest BCUT2D eigenvalue weighted by Gasteiger charge is -2.26. The van der Waals surface area contributed by atoms with Crippen molar-refractivity contribution in [3.8, 4) is 0 Å². The molecule has 0 atom stereocenters. The monoisotopic (exact) mass is 309 g/mol. The number of amides is 1. The van der Waals surface area contributed by atoms with Gasteiger partial charge in [-0.05, 0) is 49.8 Å². The van der Waals surface area contributed by atoms with Crippen molar-refractivity contribution in [3.05, 3.63) is 35.4 Å². The maximum atomic E-state index is 12.1. The van der Waals surface area contributed by atoms with E-state index in [1.54, 1.807) is 0 Å². The molecule has 1 saturated carbocycles. The van der Waals surface area contributed by atoms with Crippen LogP contribution in [-0.4, -0.2) is 16.8 Å². The number of carbonyl (C=O) groups is 1. The summed E-state index contributed by atoms with van der Waals surface area (Å²) in [6, 6.07) is 8.25. The lowest BCUT2D eigenvalue weighted by Crippen LogP contribution is -2.37. The van der Waals surface area contributed by atoms with Crippen LogP contribution in [0.1, 0.15) is 48.5 Å². The minimum atomic E-state index is 0.0654. The average Bonchev–Trinajstić information content (AvgIpc) is 2.41. The topological polar surface area (TPSA) is 29.1 Å². The SMILES string of the molecule is CCc1ccc(C(=O)NC2CCC(Br)CC2)cc1. The Morgan fingerprint density at radius 1 is 1.22 bits per heavy atom. The molecule has 0 bridgehead atoms. The predicted molar refractivity (Wildman–Crippen MR) is 78.3 cm³/mol. The van der Waals surface area contributed by atoms with Gasteiger partial charge in [0.15, 0.2) is 0 Å². The van der Waals surface area contributed by atoms with Crippen LogP contribution >= 0.6 is 15.9 Å². The molecule has 0 heterocycles. The van der Waals surface area contributed by atoms with Crippen LogP contribution in [0.5, 0.6) is 0 Å². The standard InChI is InChI=1S/C15H20BrNO/c1-2-11-3-5-12(6-4-11)15(18)17-14-9-7-13(16)8-10-14/h3-6,13-14H,2,7-10H2,1H3,(H,17,18). The lowest BCUT2D eigenvalue weighted by molar-refractivity contribution is 0.0928. The van der Waals surface area contributed by atoms with Crippen molar-refractivity contribution in [1.82, 2.24) is 5.32 Å². The molecule has 1 aliphatic carbocycles. The van der Waals surface area contributed by atoms with Gasteiger partial charge in [-0.1, -0.05) is 35.0 Å². The van der Waals surface area contributed by atoms with E-state index >= 15 is 0 Å². The number of alkyl halides is 1. The number of hydrogen-bond acceptors (Lipinski definition) is 1. The van der Waals surface area contributed by atoms with Crippen LogP contribution in [0.4, 0.5) is 0 Å². The van der Waals surface area contributed by atoms with E-state index in [2.05, 4.69) is 28.2 Å². The molecule has 1 aliphatic rings. The van der Waals surface area contributed by atoms with Crippen LogP contribution in [0.25, 0.3) is 0 Å². The van der Waals surface area contributed by atoms with E-state index in [1.807, 2.05) is 24.3 Å². The molecule has 1 N–H and O–H groups in total. The molecule has 0 spiro atoms. The second-order valence-corrected chi connectivity index (χ2v) is 6.27. The molecule has 1 aromatic carbocycles. The number of carbonyl (C=O) groups excluding carboxylic acids is 1. The Hall–Kier alpha value is -0.830. The van der Waals surface area contributed by atoms with E-state index in [0.717, 1.165) is 37.7 Å². The molecular weight excluding hydrogens is 290 g/mol. The number of halogens is 1. The average molecular weight is 310 g/mol. The second-order valence-electron chi connectivity index (χ2n) is 4.97. The van der Waals surface area contributed by atoms with Crippen molar-refractivity contribution in [2.45, 2.75) is 49.9 Å². The maximum absolute atomic E-state index is 12.1. The third-order valence-electron chi connectivity index (χ3n) is 3.62. The van der Waals surface area contributed by atoms with Crippen molar-refractivity contribution in [1.29, 1.82) is 0 Å². The molecule has 0 saturated heterocycles. The highest BCUT2D eigenvalue weighted by atomic mass is 79.9. The summed E-state index contributed by atoms with van der Waals surface area (Å²) in [6.07, 6.45) is 5.47. The predicted octanol–water partition coefficient (Wildman–Crippen LogP) is 3.68. The number of nitrogens with one attached hydrogen (secondary N) is 1. The molecule has 98 valence electrons. The van der Waals surface area contributed by atoms with Gasteiger partial charge in [0.2, 0.25) is 0 Å². The van der Waals surface area contributed by atoms with Crippen LogP contribution in [0.3, 0.4) is 0 Å². The highest BCUT2D eigenvalue weighted by Gasteiger charge is 2.20. The first kappa shape index (κ1) is 13.6. The van der Waals surface area contributed by atoms with Crippen molar-refractivity contribution in [3.63, 3.8) is 0 Å². The Balaban J connectivity index is 1.90. The van der Waals surface area contributed by atoms with Crippen LogP contribution < -0.4 is 5.32 Å². The van der Waals surface area contributed by atoms with Crippen LogP contribution in [0.2, 0.25) is 0 Å². The van der Waals surface area contributed by atoms with Gasteiger partial charge in [0.05, 0.1) is 0 Å². The molecule has 0 aliphatic heterocycles. The normalized spacial score (nSPS) is 23.7. The molecule has 2 rings (SSSR count). The molecule has 3 heteroatoms. The maximum Gasteiger partial charge on any atom is 0.251 e. The van der Waals surface area contributed by atoms with Gasteiger partial charge in [0.25, 0.3) is 5.91 Å². The zero-order valence-corrected chi connectivity index (χ0v) is 12.4. The summed E-state index contributed by atoms with van der Waals surface area (Å²) in [4.78, 5) is 12.7. The van der Waals surface area contributed by atoms with Crippen molar-refractivity contribution >= 4 is 21.8 Å². The largest absolute Gasteiger partial charge is 0.349 e. The number of hydrogen-bond donors (Lipinski definition) is 1. The molecule has 0 aromatic heterocycles. The minimum absolute atomic E-state index is 0.0654. The first-order valence-electron chi connectivity index (χ1n) is 6.73. The Morgan fingerprint density at radius 3 is 2.39 bits per heavy atom. The molecule has 0 unspecified atom stereocenters. The van der Waals surface area contributed by atoms with Gasteiger partial charge in [-0.15, -0.1) is 0 Å². The van der Waals surface area contributed by atoms with Crippen LogP contribution in [-0.2, 0) is 6.42 Å². The highest BCUT2D eigenvalue weighted by Crippen LogP contribution is 2.24. The third-order valence-corrected chi connectivity index (χ3v) is 4.53. The summed E-state index contributed by atoms with van der Waals surface area (Å²) in [5.74, 6) is 0.0654. The van der Waals surface area contributed by atoms with Gasteiger partial charge in [0.1, 0.15) is 0 Å². The Labute approximate surface area is 117 Å². The van der Waals surface area contributed by atoms with Crippen molar-refractivity contribution < 1.29 is 4.79 Å². The minimum Gasteiger partial charge on any atom is -0.349 e. The summed E-state index contributed by atoms with van der Waals surface area (Å²) in [5.41, 5.74) is 2.04. The van der Waals surface area contributed by atoms with E-state index < -0.39 is 0 Å². The first-order chi connectivity index (χ1) is 8.69. The second kappa shape index (κ2) is 6.37. The Kier molecular flexibility index (Phi) is 4.81. The molecule has 18 heavy (non-hydrogen) atoms. The zero-order chi connectivity index (χ0) is 13.0. The molecule has 1 amide bonds. The smallest absolute Gasteiger partial charge is 0.251 e. The van der Waals surface area contributed by atoms with Gasteiger partial charge < -0.3 is 5.32 Å². The van der Waals surface area contributed by atoms with E-state index in [0.29, 0.717) is 10.9 Å². The molecule has 1 aromatic rings. The molecular formula is C15H20BrNO. The summed E-state index contributed by atoms with van der Waals surface area (Å²) >= 11 is 3.63. The van der Waals surface area contributed by atoms with Gasteiger partial charge in [-0.25, -0.2) is 0 Å². The third kappa shape index (κ3) is 3.58. The highest BCUT2D eigenvalue weighted by molar-refractivity contribution is 9.09. The summed E-state index contributed by atoms with van der Waals surface area (Å²) < 4.78 is 0. The van der Waals surface area contributed by atoms with E-state index in [4.69, 9.17) is 0 Å². The van der Waals surface area contributed by atoms with E-state index in [9.17, 15) is 4.79 Å². The summed E-state index contributed by atoms with van der Waals surface area (Å²) in [7, 11) is 0. The fourth-order valence-corrected chi connectivity index (χ4v) is 2.89. The Bertz CT molecular complexity index is 393. The summed E-state index contributed by atoms with van der Waals surface area (Å²) in [6.45, 7) is 2.12. The number of rotatable bonds is 3. The lowest BCUT2D eigenvalue weighted by atomic mass is 9.95. The Morgan fingerprint density at radius 2 is 1.83 bits per heavy atom. The van der Waals surface area contributed by atoms with Crippen LogP contribution in [0, 0.1) is 0 Å². The zero-order valence-electron chi connectivity index (χ0n) is 10.8. The summed E-state index contributed by atoms with van der Waals surface area (Å²) in [5, 5.41) is 3.13.